The molecule has 0 saturated heterocycles. The zero-order valence-electron chi connectivity index (χ0n) is 18.6. The van der Waals surface area contributed by atoms with Gasteiger partial charge < -0.3 is 20.2 Å². The Morgan fingerprint density at radius 1 is 1.22 bits per heavy atom. The van der Waals surface area contributed by atoms with Crippen molar-refractivity contribution in [1.29, 1.82) is 0 Å². The molecule has 0 unspecified atom stereocenters. The van der Waals surface area contributed by atoms with E-state index >= 15 is 0 Å². The summed E-state index contributed by atoms with van der Waals surface area (Å²) in [4.78, 5) is 13.8. The maximum atomic E-state index is 9.69. The van der Waals surface area contributed by atoms with Crippen molar-refractivity contribution in [2.45, 2.75) is 52.0 Å². The monoisotopic (exact) mass is 455 g/mol. The Kier molecular flexibility index (Phi) is 5.95. The van der Waals surface area contributed by atoms with Gasteiger partial charge in [-0.05, 0) is 62.0 Å². The van der Waals surface area contributed by atoms with E-state index < -0.39 is 0 Å². The number of hydrogen-bond donors (Lipinski definition) is 3. The van der Waals surface area contributed by atoms with Crippen LogP contribution in [0.5, 0.6) is 0 Å². The number of anilines is 2. The Labute approximate surface area is 193 Å². The van der Waals surface area contributed by atoms with E-state index in [9.17, 15) is 5.11 Å². The zero-order valence-corrected chi connectivity index (χ0v) is 19.3. The van der Waals surface area contributed by atoms with Crippen molar-refractivity contribution < 1.29 is 9.52 Å². The number of nitrogens with zero attached hydrogens (tertiary/aromatic N) is 3. The second-order valence-corrected chi connectivity index (χ2v) is 9.65. The van der Waals surface area contributed by atoms with Gasteiger partial charge in [-0.1, -0.05) is 25.4 Å². The van der Waals surface area contributed by atoms with Crippen LogP contribution in [-0.4, -0.2) is 39.3 Å². The molecule has 2 saturated carbocycles. The van der Waals surface area contributed by atoms with Gasteiger partial charge in [-0.15, -0.1) is 0 Å². The molecule has 0 radical (unpaired) electrons. The van der Waals surface area contributed by atoms with Crippen LogP contribution < -0.4 is 10.6 Å². The van der Waals surface area contributed by atoms with Crippen molar-refractivity contribution >= 4 is 34.3 Å². The molecule has 8 heteroatoms. The van der Waals surface area contributed by atoms with E-state index in [1.165, 1.54) is 12.8 Å². The van der Waals surface area contributed by atoms with Crippen molar-refractivity contribution in [2.75, 3.05) is 23.8 Å². The normalized spacial score (nSPS) is 23.1. The van der Waals surface area contributed by atoms with E-state index in [0.29, 0.717) is 51.6 Å². The molecule has 2 aliphatic rings. The van der Waals surface area contributed by atoms with Crippen LogP contribution in [0.3, 0.4) is 0 Å². The molecule has 0 amide bonds. The summed E-state index contributed by atoms with van der Waals surface area (Å²) < 4.78 is 6.12. The lowest BCUT2D eigenvalue weighted by Gasteiger charge is -2.18. The molecule has 2 fully saturated rings. The molecule has 3 aromatic heterocycles. The van der Waals surface area contributed by atoms with Crippen LogP contribution in [0.15, 0.2) is 22.7 Å². The molecular weight excluding hydrogens is 426 g/mol. The highest BCUT2D eigenvalue weighted by molar-refractivity contribution is 6.32. The van der Waals surface area contributed by atoms with Gasteiger partial charge in [0.15, 0.2) is 5.58 Å². The first-order chi connectivity index (χ1) is 15.5. The van der Waals surface area contributed by atoms with Gasteiger partial charge in [0.2, 0.25) is 5.95 Å². The maximum absolute atomic E-state index is 9.69. The topological polar surface area (TPSA) is 96.1 Å². The number of aliphatic hydroxyl groups excluding tert-OH is 1. The van der Waals surface area contributed by atoms with Crippen LogP contribution in [0.1, 0.15) is 45.2 Å². The highest BCUT2D eigenvalue weighted by Gasteiger charge is 2.32. The molecule has 32 heavy (non-hydrogen) atoms. The second kappa shape index (κ2) is 8.87. The lowest BCUT2D eigenvalue weighted by Crippen LogP contribution is -2.19. The number of aliphatic hydroxyl groups is 1. The molecule has 0 bridgehead atoms. The minimum Gasteiger partial charge on any atom is -0.454 e. The number of halogens is 1. The zero-order chi connectivity index (χ0) is 22.2. The van der Waals surface area contributed by atoms with E-state index in [0.717, 1.165) is 36.9 Å². The number of pyridine rings is 1. The lowest BCUT2D eigenvalue weighted by atomic mass is 10.00. The van der Waals surface area contributed by atoms with E-state index in [4.69, 9.17) is 21.0 Å². The average Bonchev–Trinajstić information content (AvgIpc) is 3.41. The predicted molar refractivity (Wildman–Crippen MR) is 127 cm³/mol. The average molecular weight is 456 g/mol. The van der Waals surface area contributed by atoms with Gasteiger partial charge in [0, 0.05) is 30.3 Å². The summed E-state index contributed by atoms with van der Waals surface area (Å²) in [5.74, 6) is 3.28. The number of rotatable bonds is 8. The van der Waals surface area contributed by atoms with Gasteiger partial charge >= 0.3 is 0 Å². The van der Waals surface area contributed by atoms with E-state index in [1.54, 1.807) is 6.20 Å². The molecule has 0 aromatic carbocycles. The van der Waals surface area contributed by atoms with Crippen molar-refractivity contribution in [2.24, 2.45) is 17.8 Å². The van der Waals surface area contributed by atoms with Gasteiger partial charge in [-0.3, -0.25) is 4.98 Å². The SMILES string of the molecule is CCc1cc2cc(-c3c(Cl)nc(NCC4CC4)nc3N[C@@H]3C[C@H](CO)[C@@H](C)C3)oc2cn1. The highest BCUT2D eigenvalue weighted by Crippen LogP contribution is 2.40. The third kappa shape index (κ3) is 4.41. The number of fused-ring (bicyclic) bond motifs is 1. The summed E-state index contributed by atoms with van der Waals surface area (Å²) in [5.41, 5.74) is 2.39. The molecule has 3 aromatic rings. The summed E-state index contributed by atoms with van der Waals surface area (Å²) in [7, 11) is 0. The van der Waals surface area contributed by atoms with Crippen LogP contribution in [-0.2, 0) is 6.42 Å². The Morgan fingerprint density at radius 3 is 2.78 bits per heavy atom. The summed E-state index contributed by atoms with van der Waals surface area (Å²) in [6, 6.07) is 4.23. The fraction of sp³-hybridized carbons (Fsp3) is 0.542. The molecule has 7 nitrogen and oxygen atoms in total. The first-order valence-corrected chi connectivity index (χ1v) is 12.0. The van der Waals surface area contributed by atoms with Crippen molar-refractivity contribution in [3.63, 3.8) is 0 Å². The number of aryl methyl sites for hydroxylation is 1. The van der Waals surface area contributed by atoms with E-state index in [1.807, 2.05) is 12.1 Å². The Balaban J connectivity index is 1.51. The Morgan fingerprint density at radius 2 is 2.06 bits per heavy atom. The molecule has 5 rings (SSSR count). The van der Waals surface area contributed by atoms with Crippen LogP contribution in [0.2, 0.25) is 5.15 Å². The Bertz CT molecular complexity index is 1110. The van der Waals surface area contributed by atoms with Gasteiger partial charge in [0.1, 0.15) is 16.7 Å². The van der Waals surface area contributed by atoms with Gasteiger partial charge in [0.05, 0.1) is 11.8 Å². The second-order valence-electron chi connectivity index (χ2n) is 9.30. The first-order valence-electron chi connectivity index (χ1n) is 11.6. The third-order valence-electron chi connectivity index (χ3n) is 6.80. The summed E-state index contributed by atoms with van der Waals surface area (Å²) >= 11 is 6.71. The first kappa shape index (κ1) is 21.5. The molecule has 3 N–H and O–H groups in total. The third-order valence-corrected chi connectivity index (χ3v) is 7.08. The van der Waals surface area contributed by atoms with Crippen LogP contribution in [0, 0.1) is 17.8 Å². The molecule has 170 valence electrons. The summed E-state index contributed by atoms with van der Waals surface area (Å²) in [6.45, 7) is 5.34. The molecule has 3 heterocycles. The fourth-order valence-corrected chi connectivity index (χ4v) is 4.86. The van der Waals surface area contributed by atoms with Crippen LogP contribution in [0.4, 0.5) is 11.8 Å². The molecule has 2 aliphatic carbocycles. The van der Waals surface area contributed by atoms with Crippen molar-refractivity contribution in [3.8, 4) is 11.3 Å². The summed E-state index contributed by atoms with van der Waals surface area (Å²) in [6.07, 6.45) is 6.99. The number of nitrogens with one attached hydrogen (secondary N) is 2. The minimum atomic E-state index is 0.209. The van der Waals surface area contributed by atoms with E-state index in [-0.39, 0.29) is 12.6 Å². The van der Waals surface area contributed by atoms with Gasteiger partial charge in [-0.25, -0.2) is 4.98 Å². The quantitative estimate of drug-likeness (QED) is 0.404. The van der Waals surface area contributed by atoms with Crippen molar-refractivity contribution in [3.05, 3.63) is 29.2 Å². The van der Waals surface area contributed by atoms with Gasteiger partial charge in [0.25, 0.3) is 0 Å². The minimum absolute atomic E-state index is 0.209. The van der Waals surface area contributed by atoms with Gasteiger partial charge in [-0.2, -0.15) is 4.98 Å². The standard InChI is InChI=1S/C24H30ClN5O2/c1-3-17-7-15-9-19(32-20(15)11-26-17)21-22(25)29-24(27-10-14-4-5-14)30-23(21)28-18-6-13(2)16(8-18)12-31/h7,9,11,13-14,16,18,31H,3-6,8,10,12H2,1-2H3,(H2,27,28,29,30)/t13-,16+,18-/m0/s1. The highest BCUT2D eigenvalue weighted by atomic mass is 35.5. The predicted octanol–water partition coefficient (Wildman–Crippen LogP) is 5.14. The lowest BCUT2D eigenvalue weighted by molar-refractivity contribution is 0.201. The molecule has 0 spiro atoms. The summed E-state index contributed by atoms with van der Waals surface area (Å²) in [5, 5.41) is 18.0. The maximum Gasteiger partial charge on any atom is 0.226 e. The van der Waals surface area contributed by atoms with Crippen LogP contribution in [0.25, 0.3) is 22.3 Å². The largest absolute Gasteiger partial charge is 0.454 e. The molecule has 0 aliphatic heterocycles. The van der Waals surface area contributed by atoms with Crippen LogP contribution >= 0.6 is 11.6 Å². The van der Waals surface area contributed by atoms with E-state index in [2.05, 4.69) is 34.4 Å². The number of hydrogen-bond acceptors (Lipinski definition) is 7. The fourth-order valence-electron chi connectivity index (χ4n) is 4.60. The number of furan rings is 1. The Hall–Kier alpha value is -2.38. The van der Waals surface area contributed by atoms with Crippen molar-refractivity contribution in [1.82, 2.24) is 15.0 Å². The number of aromatic nitrogens is 3. The smallest absolute Gasteiger partial charge is 0.226 e. The molecular formula is C24H30ClN5O2. The molecule has 3 atom stereocenters.